The van der Waals surface area contributed by atoms with Crippen LogP contribution in [0.25, 0.3) is 11.0 Å². The first-order valence-corrected chi connectivity index (χ1v) is 15.3. The van der Waals surface area contributed by atoms with Crippen molar-refractivity contribution in [3.8, 4) is 0 Å². The van der Waals surface area contributed by atoms with Gasteiger partial charge in [-0.2, -0.15) is 0 Å². The first-order valence-electron chi connectivity index (χ1n) is 13.8. The number of sulfonamides is 1. The molecule has 1 N–H and O–H groups in total. The minimum atomic E-state index is -3.67. The van der Waals surface area contributed by atoms with E-state index in [9.17, 15) is 13.2 Å². The Labute approximate surface area is 234 Å². The van der Waals surface area contributed by atoms with E-state index in [0.717, 1.165) is 57.4 Å². The number of imidazole rings is 1. The van der Waals surface area contributed by atoms with Crippen molar-refractivity contribution in [1.29, 1.82) is 0 Å². The number of benzene rings is 2. The molecule has 4 aromatic rings. The Hall–Kier alpha value is -3.76. The van der Waals surface area contributed by atoms with E-state index in [1.54, 1.807) is 30.3 Å². The Morgan fingerprint density at radius 2 is 1.57 bits per heavy atom. The van der Waals surface area contributed by atoms with E-state index >= 15 is 0 Å². The van der Waals surface area contributed by atoms with Crippen LogP contribution in [0.1, 0.15) is 41.9 Å². The molecule has 2 aliphatic heterocycles. The molecule has 0 aliphatic carbocycles. The predicted octanol–water partition coefficient (Wildman–Crippen LogP) is 3.97. The number of aryl methyl sites for hydroxylation is 1. The quantitative estimate of drug-likeness (QED) is 0.385. The van der Waals surface area contributed by atoms with E-state index < -0.39 is 10.0 Å². The smallest absolute Gasteiger partial charge is 0.256 e. The molecule has 0 atom stereocenters. The molecule has 10 heteroatoms. The fraction of sp³-hybridized carbons (Fsp3) is 0.367. The van der Waals surface area contributed by atoms with E-state index in [1.165, 1.54) is 5.69 Å². The molecular formula is C30H34N6O3S. The summed E-state index contributed by atoms with van der Waals surface area (Å²) in [4.78, 5) is 27.1. The van der Waals surface area contributed by atoms with Crippen molar-refractivity contribution in [3.63, 3.8) is 0 Å². The van der Waals surface area contributed by atoms with Crippen molar-refractivity contribution < 1.29 is 13.2 Å². The highest BCUT2D eigenvalue weighted by Gasteiger charge is 2.39. The largest absolute Gasteiger partial charge is 0.371 e. The summed E-state index contributed by atoms with van der Waals surface area (Å²) >= 11 is 0. The average Bonchev–Trinajstić information content (AvgIpc) is 3.33. The number of hydrogen-bond acceptors (Lipinski definition) is 6. The number of likely N-dealkylation sites (tertiary alicyclic amines) is 1. The second-order valence-corrected chi connectivity index (χ2v) is 12.6. The van der Waals surface area contributed by atoms with E-state index in [0.29, 0.717) is 22.3 Å². The van der Waals surface area contributed by atoms with Gasteiger partial charge in [-0.15, -0.1) is 0 Å². The Morgan fingerprint density at radius 3 is 2.27 bits per heavy atom. The number of rotatable bonds is 6. The van der Waals surface area contributed by atoms with Crippen molar-refractivity contribution >= 4 is 32.7 Å². The van der Waals surface area contributed by atoms with Gasteiger partial charge in [-0.1, -0.05) is 24.3 Å². The zero-order valence-corrected chi connectivity index (χ0v) is 23.5. The third kappa shape index (κ3) is 5.09. The lowest BCUT2D eigenvalue weighted by molar-refractivity contribution is 0.0516. The number of fused-ring (bicyclic) bond motifs is 1. The topological polar surface area (TPSA) is 100 Å². The van der Waals surface area contributed by atoms with Gasteiger partial charge in [0.05, 0.1) is 22.5 Å². The summed E-state index contributed by atoms with van der Waals surface area (Å²) in [6.07, 6.45) is 7.97. The first kappa shape index (κ1) is 26.5. The molecule has 2 aromatic heterocycles. The van der Waals surface area contributed by atoms with Crippen LogP contribution in [-0.4, -0.2) is 59.9 Å². The number of hydrogen-bond donors (Lipinski definition) is 1. The predicted molar refractivity (Wildman–Crippen MR) is 154 cm³/mol. The van der Waals surface area contributed by atoms with Crippen LogP contribution in [0.4, 0.5) is 5.69 Å². The van der Waals surface area contributed by atoms with Gasteiger partial charge in [-0.25, -0.2) is 18.1 Å². The van der Waals surface area contributed by atoms with Gasteiger partial charge in [-0.3, -0.25) is 9.78 Å². The molecule has 208 valence electrons. The zero-order chi connectivity index (χ0) is 27.7. The molecule has 2 fully saturated rings. The Kier molecular flexibility index (Phi) is 7.06. The number of aromatic nitrogens is 3. The van der Waals surface area contributed by atoms with E-state index in [-0.39, 0.29) is 17.3 Å². The number of pyridine rings is 1. The lowest BCUT2D eigenvalue weighted by Crippen LogP contribution is -2.48. The molecule has 0 bridgehead atoms. The number of piperidine rings is 2. The number of carbonyl (C=O) groups is 1. The fourth-order valence-corrected chi connectivity index (χ4v) is 7.09. The van der Waals surface area contributed by atoms with Crippen molar-refractivity contribution in [2.75, 3.05) is 31.1 Å². The molecule has 2 saturated heterocycles. The highest BCUT2D eigenvalue weighted by molar-refractivity contribution is 7.89. The number of amides is 1. The van der Waals surface area contributed by atoms with Crippen LogP contribution in [0.15, 0.2) is 78.0 Å². The Bertz CT molecular complexity index is 1600. The van der Waals surface area contributed by atoms with Crippen molar-refractivity contribution in [2.24, 2.45) is 12.5 Å². The van der Waals surface area contributed by atoms with Gasteiger partial charge in [-0.05, 0) is 67.5 Å². The third-order valence-corrected chi connectivity index (χ3v) is 10.1. The summed E-state index contributed by atoms with van der Waals surface area (Å²) in [7, 11) is -1.83. The number of para-hydroxylation sites is 1. The summed E-state index contributed by atoms with van der Waals surface area (Å²) < 4.78 is 29.9. The van der Waals surface area contributed by atoms with Crippen LogP contribution in [0.3, 0.4) is 0 Å². The van der Waals surface area contributed by atoms with Crippen molar-refractivity contribution in [2.45, 2.75) is 37.1 Å². The summed E-state index contributed by atoms with van der Waals surface area (Å²) in [5.41, 5.74) is 3.49. The summed E-state index contributed by atoms with van der Waals surface area (Å²) in [5.74, 6) is 0.539. The number of anilines is 1. The monoisotopic (exact) mass is 558 g/mol. The zero-order valence-electron chi connectivity index (χ0n) is 22.7. The van der Waals surface area contributed by atoms with Crippen LogP contribution < -0.4 is 9.62 Å². The van der Waals surface area contributed by atoms with Crippen molar-refractivity contribution in [1.82, 2.24) is 24.2 Å². The molecule has 0 radical (unpaired) electrons. The van der Waals surface area contributed by atoms with E-state index in [2.05, 4.69) is 26.7 Å². The maximum absolute atomic E-state index is 13.7. The van der Waals surface area contributed by atoms with E-state index in [4.69, 9.17) is 4.98 Å². The van der Waals surface area contributed by atoms with Gasteiger partial charge in [0, 0.05) is 51.3 Å². The maximum atomic E-state index is 13.7. The van der Waals surface area contributed by atoms with Crippen molar-refractivity contribution in [3.05, 3.63) is 84.4 Å². The Morgan fingerprint density at radius 1 is 0.900 bits per heavy atom. The van der Waals surface area contributed by atoms with Crippen LogP contribution in [0.5, 0.6) is 0 Å². The normalized spacial score (nSPS) is 17.4. The molecule has 9 nitrogen and oxygen atoms in total. The van der Waals surface area contributed by atoms with Gasteiger partial charge in [0.1, 0.15) is 11.3 Å². The molecule has 4 heterocycles. The maximum Gasteiger partial charge on any atom is 0.256 e. The molecule has 2 aromatic carbocycles. The van der Waals surface area contributed by atoms with Crippen LogP contribution in [0, 0.1) is 5.41 Å². The molecule has 1 spiro atoms. The lowest BCUT2D eigenvalue weighted by Gasteiger charge is -2.47. The van der Waals surface area contributed by atoms with Crippen LogP contribution in [0.2, 0.25) is 0 Å². The van der Waals surface area contributed by atoms with E-state index in [1.807, 2.05) is 47.1 Å². The second kappa shape index (κ2) is 10.7. The molecule has 2 aliphatic rings. The summed E-state index contributed by atoms with van der Waals surface area (Å²) in [6, 6.07) is 18.0. The SMILES string of the molecule is Cn1c(CNS(=O)(=O)c2ccccc2)nc2c(C(=O)N3CCC4(CC3)CCN(c3ccncc3)CC4)cccc21. The van der Waals surface area contributed by atoms with Gasteiger partial charge in [0.15, 0.2) is 0 Å². The number of carbonyl (C=O) groups excluding carboxylic acids is 1. The molecular weight excluding hydrogens is 524 g/mol. The average molecular weight is 559 g/mol. The summed E-state index contributed by atoms with van der Waals surface area (Å²) in [6.45, 7) is 3.56. The van der Waals surface area contributed by atoms with Crippen LogP contribution in [-0.2, 0) is 23.6 Å². The Balaban J connectivity index is 1.13. The molecule has 1 amide bonds. The van der Waals surface area contributed by atoms with Gasteiger partial charge >= 0.3 is 0 Å². The standard InChI is InChI=1S/C30H34N6O3S/c1-34-26-9-5-8-25(28(26)33-27(34)22-32-40(38,39)24-6-3-2-4-7-24)29(37)36-20-14-30(15-21-36)12-18-35(19-13-30)23-10-16-31-17-11-23/h2-11,16-17,32H,12-15,18-22H2,1H3. The highest BCUT2D eigenvalue weighted by Crippen LogP contribution is 2.42. The van der Waals surface area contributed by atoms with Gasteiger partial charge < -0.3 is 14.4 Å². The lowest BCUT2D eigenvalue weighted by atomic mass is 9.71. The molecule has 0 saturated carbocycles. The van der Waals surface area contributed by atoms with Crippen LogP contribution >= 0.6 is 0 Å². The third-order valence-electron chi connectivity index (χ3n) is 8.67. The molecule has 0 unspecified atom stereocenters. The molecule has 40 heavy (non-hydrogen) atoms. The first-order chi connectivity index (χ1) is 19.4. The number of nitrogens with one attached hydrogen (secondary N) is 1. The van der Waals surface area contributed by atoms with Gasteiger partial charge in [0.2, 0.25) is 10.0 Å². The molecule has 6 rings (SSSR count). The minimum Gasteiger partial charge on any atom is -0.371 e. The van der Waals surface area contributed by atoms with Gasteiger partial charge in [0.25, 0.3) is 5.91 Å². The number of nitrogens with zero attached hydrogens (tertiary/aromatic N) is 5. The fourth-order valence-electron chi connectivity index (χ4n) is 6.08. The summed E-state index contributed by atoms with van der Waals surface area (Å²) in [5, 5.41) is 0. The minimum absolute atomic E-state index is 0.0100. The second-order valence-electron chi connectivity index (χ2n) is 10.9. The highest BCUT2D eigenvalue weighted by atomic mass is 32.2.